The molecule has 0 spiro atoms. The van der Waals surface area contributed by atoms with Gasteiger partial charge in [0.25, 0.3) is 0 Å². The summed E-state index contributed by atoms with van der Waals surface area (Å²) in [5.74, 6) is 0.567. The van der Waals surface area contributed by atoms with E-state index in [1.54, 1.807) is 44.5 Å². The van der Waals surface area contributed by atoms with E-state index in [1.807, 2.05) is 0 Å². The fraction of sp³-hybridized carbons (Fsp3) is 0.182. The molecule has 45 heavy (non-hydrogen) atoms. The van der Waals surface area contributed by atoms with E-state index < -0.39 is 18.4 Å². The molecule has 12 rings (SSSR count). The molecule has 4 bridgehead atoms. The van der Waals surface area contributed by atoms with E-state index in [2.05, 4.69) is 157 Å². The molecular weight excluding hydrogens is 647 g/mol. The van der Waals surface area contributed by atoms with E-state index in [0.29, 0.717) is 0 Å². The van der Waals surface area contributed by atoms with Crippen LogP contribution in [0.5, 0.6) is 0 Å². The van der Waals surface area contributed by atoms with Gasteiger partial charge in [0.1, 0.15) is 0 Å². The molecule has 0 aromatic heterocycles. The average Bonchev–Trinajstić information content (AvgIpc) is 3.08. The third kappa shape index (κ3) is 2.73. The summed E-state index contributed by atoms with van der Waals surface area (Å²) >= 11 is -3.87. The molecule has 1 heteroatoms. The van der Waals surface area contributed by atoms with E-state index in [4.69, 9.17) is 0 Å². The molecule has 0 amide bonds. The van der Waals surface area contributed by atoms with Crippen molar-refractivity contribution in [2.45, 2.75) is 42.4 Å². The van der Waals surface area contributed by atoms with Crippen LogP contribution in [-0.2, 0) is 6.86 Å². The Hall–Kier alpha value is -3.88. The molecule has 0 heterocycles. The van der Waals surface area contributed by atoms with Crippen molar-refractivity contribution in [2.75, 3.05) is 0 Å². The van der Waals surface area contributed by atoms with Gasteiger partial charge < -0.3 is 0 Å². The first-order chi connectivity index (χ1) is 22.0. The molecule has 0 atom stereocenters. The molecule has 0 fully saturated rings. The van der Waals surface area contributed by atoms with Crippen molar-refractivity contribution in [3.63, 3.8) is 0 Å². The molecule has 0 aliphatic heterocycles. The topological polar surface area (TPSA) is 0 Å². The first kappa shape index (κ1) is 26.3. The summed E-state index contributed by atoms with van der Waals surface area (Å²) in [6.07, 6.45) is 0. The van der Waals surface area contributed by atoms with Crippen LogP contribution in [-0.4, -0.2) is 18.4 Å². The third-order valence-electron chi connectivity index (χ3n) is 12.6. The second kappa shape index (κ2) is 8.68. The van der Waals surface area contributed by atoms with E-state index in [9.17, 15) is 0 Å². The van der Waals surface area contributed by atoms with E-state index >= 15 is 0 Å². The van der Waals surface area contributed by atoms with Crippen molar-refractivity contribution in [2.24, 2.45) is 0 Å². The minimum atomic E-state index is -3.87. The molecule has 6 aliphatic carbocycles. The van der Waals surface area contributed by atoms with Crippen molar-refractivity contribution in [3.8, 4) is 0 Å². The number of rotatable bonds is 2. The summed E-state index contributed by atoms with van der Waals surface area (Å²) in [5, 5.41) is 0. The minimum absolute atomic E-state index is 0.191. The Kier molecular flexibility index (Phi) is 5.08. The standard InChI is InChI=1S/2C21H15.2CH3.Sn/c2*1-13-7-6-12-18-19(13)21-16-10-4-2-8-14(16)20(18)15-9-3-5-11-17(15)21;;;/h2*2-12,21H,1H3;2*1H3;. The first-order valence-corrected chi connectivity index (χ1v) is 25.1. The molecule has 0 radical (unpaired) electrons. The van der Waals surface area contributed by atoms with Gasteiger partial charge in [0, 0.05) is 0 Å². The number of hydrogen-bond donors (Lipinski definition) is 0. The second-order valence-corrected chi connectivity index (χ2v) is 28.0. The van der Waals surface area contributed by atoms with Gasteiger partial charge >= 0.3 is 272 Å². The van der Waals surface area contributed by atoms with Crippen molar-refractivity contribution < 1.29 is 0 Å². The van der Waals surface area contributed by atoms with Crippen LogP contribution in [0.3, 0.4) is 0 Å². The second-order valence-electron chi connectivity index (χ2n) is 14.4. The Bertz CT molecular complexity index is 2000. The summed E-state index contributed by atoms with van der Waals surface area (Å²) in [7, 11) is 0. The molecular formula is C44H36Sn. The summed E-state index contributed by atoms with van der Waals surface area (Å²) < 4.78 is -0.382. The van der Waals surface area contributed by atoms with Gasteiger partial charge in [-0.2, -0.15) is 0 Å². The Morgan fingerprint density at radius 3 is 1.00 bits per heavy atom. The zero-order valence-corrected chi connectivity index (χ0v) is 29.2. The van der Waals surface area contributed by atoms with Gasteiger partial charge in [0.15, 0.2) is 0 Å². The zero-order valence-electron chi connectivity index (χ0n) is 26.4. The number of benzene rings is 6. The van der Waals surface area contributed by atoms with Gasteiger partial charge in [-0.15, -0.1) is 0 Å². The molecule has 0 unspecified atom stereocenters. The van der Waals surface area contributed by atoms with Crippen LogP contribution in [0.4, 0.5) is 0 Å². The predicted molar refractivity (Wildman–Crippen MR) is 187 cm³/mol. The van der Waals surface area contributed by atoms with Crippen LogP contribution in [0.2, 0.25) is 9.88 Å². The molecule has 0 nitrogen and oxygen atoms in total. The van der Waals surface area contributed by atoms with Crippen LogP contribution in [0.1, 0.15) is 89.7 Å². The van der Waals surface area contributed by atoms with Crippen LogP contribution >= 0.6 is 0 Å². The van der Waals surface area contributed by atoms with Crippen molar-refractivity contribution >= 4 is 18.4 Å². The SMILES string of the molecule is Cc1cccc2c1C1c3ccccc3[C]2([Sn]([CH3])([CH3])[C]23c4ccccc4C(c4ccccc42)c2c(C)cccc23)c2ccccc21. The maximum absolute atomic E-state index is 3.87. The van der Waals surface area contributed by atoms with Crippen molar-refractivity contribution in [1.82, 2.24) is 0 Å². The first-order valence-electron chi connectivity index (χ1n) is 16.5. The quantitative estimate of drug-likeness (QED) is 0.160. The predicted octanol–water partition coefficient (Wildman–Crippen LogP) is 10.1. The van der Waals surface area contributed by atoms with E-state index in [0.717, 1.165) is 0 Å². The zero-order chi connectivity index (χ0) is 30.3. The Balaban J connectivity index is 1.47. The number of hydrogen-bond acceptors (Lipinski definition) is 0. The van der Waals surface area contributed by atoms with Gasteiger partial charge in [-0.1, -0.05) is 0 Å². The molecule has 0 saturated carbocycles. The normalized spacial score (nSPS) is 24.2. The number of aryl methyl sites for hydroxylation is 2. The summed E-state index contributed by atoms with van der Waals surface area (Å²) in [6.45, 7) is 4.71. The van der Waals surface area contributed by atoms with Crippen LogP contribution in [0.25, 0.3) is 0 Å². The third-order valence-corrected chi connectivity index (χ3v) is 27.9. The summed E-state index contributed by atoms with van der Waals surface area (Å²) in [4.78, 5) is 5.65. The van der Waals surface area contributed by atoms with Gasteiger partial charge in [0.05, 0.1) is 0 Å². The molecule has 0 N–H and O–H groups in total. The molecule has 216 valence electrons. The fourth-order valence-corrected chi connectivity index (χ4v) is 28.3. The molecule has 6 aromatic carbocycles. The average molecular weight is 683 g/mol. The Labute approximate surface area is 270 Å². The maximum atomic E-state index is 2.82. The summed E-state index contributed by atoms with van der Waals surface area (Å²) in [6, 6.07) is 52.7. The van der Waals surface area contributed by atoms with Crippen LogP contribution in [0.15, 0.2) is 133 Å². The van der Waals surface area contributed by atoms with Crippen LogP contribution in [0, 0.1) is 13.8 Å². The fourth-order valence-electron chi connectivity index (χ4n) is 11.3. The summed E-state index contributed by atoms with van der Waals surface area (Å²) in [5.41, 5.74) is 21.5. The van der Waals surface area contributed by atoms with Gasteiger partial charge in [-0.25, -0.2) is 0 Å². The van der Waals surface area contributed by atoms with Crippen molar-refractivity contribution in [3.05, 3.63) is 211 Å². The molecule has 6 aromatic rings. The van der Waals surface area contributed by atoms with Crippen LogP contribution < -0.4 is 0 Å². The van der Waals surface area contributed by atoms with Gasteiger partial charge in [-0.05, 0) is 0 Å². The van der Waals surface area contributed by atoms with Gasteiger partial charge in [-0.3, -0.25) is 0 Å². The Morgan fingerprint density at radius 1 is 0.378 bits per heavy atom. The van der Waals surface area contributed by atoms with Crippen molar-refractivity contribution in [1.29, 1.82) is 0 Å². The van der Waals surface area contributed by atoms with E-state index in [1.165, 1.54) is 33.4 Å². The Morgan fingerprint density at radius 2 is 0.667 bits per heavy atom. The van der Waals surface area contributed by atoms with E-state index in [-0.39, 0.29) is 18.7 Å². The molecule has 0 saturated heterocycles. The molecule has 6 aliphatic rings. The van der Waals surface area contributed by atoms with Gasteiger partial charge in [0.2, 0.25) is 0 Å². The monoisotopic (exact) mass is 684 g/mol.